The summed E-state index contributed by atoms with van der Waals surface area (Å²) < 4.78 is 0. The molecule has 2 aromatic rings. The molecule has 2 N–H and O–H groups in total. The molecule has 3 rings (SSSR count). The number of halogens is 1. The molecule has 1 aliphatic carbocycles. The van der Waals surface area contributed by atoms with Crippen LogP contribution in [0.4, 0.5) is 0 Å². The van der Waals surface area contributed by atoms with Crippen molar-refractivity contribution in [2.24, 2.45) is 5.41 Å². The average molecular weight is 263 g/mol. The van der Waals surface area contributed by atoms with Gasteiger partial charge in [-0.25, -0.2) is 0 Å². The molecule has 1 aromatic carbocycles. The molecule has 2 nitrogen and oxygen atoms in total. The van der Waals surface area contributed by atoms with Crippen LogP contribution in [0, 0.1) is 5.41 Å². The first-order chi connectivity index (χ1) is 8.72. The standard InChI is InChI=1S/C15H19ClN2/c1-2-15(5-6-15)10-17-8-11-9-18-14-7-12(16)3-4-13(11)14/h3-4,7,9,17-18H,2,5-6,8,10H2,1H3. The Labute approximate surface area is 113 Å². The van der Waals surface area contributed by atoms with Gasteiger partial charge in [-0.15, -0.1) is 0 Å². The summed E-state index contributed by atoms with van der Waals surface area (Å²) in [4.78, 5) is 3.28. The molecular weight excluding hydrogens is 244 g/mol. The second kappa shape index (κ2) is 4.60. The van der Waals surface area contributed by atoms with Gasteiger partial charge < -0.3 is 10.3 Å². The lowest BCUT2D eigenvalue weighted by Gasteiger charge is -2.12. The van der Waals surface area contributed by atoms with Crippen molar-refractivity contribution in [3.8, 4) is 0 Å². The van der Waals surface area contributed by atoms with Gasteiger partial charge >= 0.3 is 0 Å². The largest absolute Gasteiger partial charge is 0.361 e. The second-order valence-corrected chi connectivity index (χ2v) is 5.90. The summed E-state index contributed by atoms with van der Waals surface area (Å²) in [5, 5.41) is 5.65. The predicted octanol–water partition coefficient (Wildman–Crippen LogP) is 4.10. The molecule has 1 saturated carbocycles. The lowest BCUT2D eigenvalue weighted by atomic mass is 10.0. The fourth-order valence-corrected chi connectivity index (χ4v) is 2.77. The van der Waals surface area contributed by atoms with Gasteiger partial charge in [0.1, 0.15) is 0 Å². The number of hydrogen-bond acceptors (Lipinski definition) is 1. The number of benzene rings is 1. The van der Waals surface area contributed by atoms with E-state index in [4.69, 9.17) is 11.6 Å². The summed E-state index contributed by atoms with van der Waals surface area (Å²) in [5.41, 5.74) is 3.06. The molecular formula is C15H19ClN2. The molecule has 0 saturated heterocycles. The van der Waals surface area contributed by atoms with Gasteiger partial charge in [-0.1, -0.05) is 24.6 Å². The number of rotatable bonds is 5. The highest BCUT2D eigenvalue weighted by molar-refractivity contribution is 6.31. The summed E-state index contributed by atoms with van der Waals surface area (Å²) >= 11 is 5.98. The van der Waals surface area contributed by atoms with Crippen LogP contribution in [0.2, 0.25) is 5.02 Å². The summed E-state index contributed by atoms with van der Waals surface area (Å²) in [6, 6.07) is 6.03. The molecule has 18 heavy (non-hydrogen) atoms. The smallest absolute Gasteiger partial charge is 0.0472 e. The van der Waals surface area contributed by atoms with Crippen molar-refractivity contribution in [3.63, 3.8) is 0 Å². The number of nitrogens with one attached hydrogen (secondary N) is 2. The van der Waals surface area contributed by atoms with Crippen LogP contribution in [0.5, 0.6) is 0 Å². The molecule has 0 radical (unpaired) electrons. The Kier molecular flexibility index (Phi) is 3.08. The van der Waals surface area contributed by atoms with E-state index in [1.165, 1.54) is 30.2 Å². The fourth-order valence-electron chi connectivity index (χ4n) is 2.60. The van der Waals surface area contributed by atoms with Crippen LogP contribution < -0.4 is 5.32 Å². The van der Waals surface area contributed by atoms with Gasteiger partial charge in [-0.05, 0) is 42.4 Å². The van der Waals surface area contributed by atoms with E-state index in [0.29, 0.717) is 5.41 Å². The van der Waals surface area contributed by atoms with Crippen molar-refractivity contribution < 1.29 is 0 Å². The van der Waals surface area contributed by atoms with Gasteiger partial charge in [0.05, 0.1) is 0 Å². The third kappa shape index (κ3) is 2.27. The molecule has 96 valence electrons. The summed E-state index contributed by atoms with van der Waals surface area (Å²) in [7, 11) is 0. The molecule has 0 aliphatic heterocycles. The van der Waals surface area contributed by atoms with Gasteiger partial charge in [0.2, 0.25) is 0 Å². The minimum absolute atomic E-state index is 0.607. The maximum Gasteiger partial charge on any atom is 0.0472 e. The quantitative estimate of drug-likeness (QED) is 0.834. The molecule has 0 unspecified atom stereocenters. The molecule has 1 fully saturated rings. The number of aromatic amines is 1. The number of fused-ring (bicyclic) bond motifs is 1. The number of H-pyrrole nitrogens is 1. The van der Waals surface area contributed by atoms with Crippen molar-refractivity contribution in [1.29, 1.82) is 0 Å². The van der Waals surface area contributed by atoms with Crippen LogP contribution in [0.1, 0.15) is 31.7 Å². The maximum atomic E-state index is 5.98. The minimum atomic E-state index is 0.607. The lowest BCUT2D eigenvalue weighted by Crippen LogP contribution is -2.22. The van der Waals surface area contributed by atoms with Gasteiger partial charge in [0.15, 0.2) is 0 Å². The van der Waals surface area contributed by atoms with Crippen LogP contribution in [0.25, 0.3) is 10.9 Å². The van der Waals surface area contributed by atoms with E-state index >= 15 is 0 Å². The van der Waals surface area contributed by atoms with Gasteiger partial charge in [0.25, 0.3) is 0 Å². The molecule has 0 spiro atoms. The fraction of sp³-hybridized carbons (Fsp3) is 0.467. The number of hydrogen-bond donors (Lipinski definition) is 2. The first kappa shape index (κ1) is 12.1. The van der Waals surface area contributed by atoms with E-state index in [-0.39, 0.29) is 0 Å². The molecule has 0 atom stereocenters. The first-order valence-corrected chi connectivity index (χ1v) is 7.06. The monoisotopic (exact) mass is 262 g/mol. The third-order valence-corrected chi connectivity index (χ3v) is 4.49. The van der Waals surface area contributed by atoms with Crippen molar-refractivity contribution in [1.82, 2.24) is 10.3 Å². The predicted molar refractivity (Wildman–Crippen MR) is 77.0 cm³/mol. The molecule has 1 aromatic heterocycles. The van der Waals surface area contributed by atoms with E-state index in [1.54, 1.807) is 0 Å². The zero-order chi connectivity index (χ0) is 12.6. The highest BCUT2D eigenvalue weighted by Gasteiger charge is 2.39. The first-order valence-electron chi connectivity index (χ1n) is 6.69. The average Bonchev–Trinajstić information content (AvgIpc) is 3.05. The minimum Gasteiger partial charge on any atom is -0.361 e. The van der Waals surface area contributed by atoms with Crippen molar-refractivity contribution in [2.45, 2.75) is 32.7 Å². The van der Waals surface area contributed by atoms with E-state index < -0.39 is 0 Å². The Morgan fingerprint density at radius 3 is 2.94 bits per heavy atom. The lowest BCUT2D eigenvalue weighted by molar-refractivity contribution is 0.444. The molecule has 0 amide bonds. The van der Waals surface area contributed by atoms with E-state index in [9.17, 15) is 0 Å². The zero-order valence-electron chi connectivity index (χ0n) is 10.7. The molecule has 1 heterocycles. The van der Waals surface area contributed by atoms with E-state index in [1.807, 2.05) is 12.1 Å². The summed E-state index contributed by atoms with van der Waals surface area (Å²) in [6.45, 7) is 4.37. The number of aromatic nitrogens is 1. The Bertz CT molecular complexity index is 555. The van der Waals surface area contributed by atoms with E-state index in [2.05, 4.69) is 29.5 Å². The Morgan fingerprint density at radius 2 is 2.22 bits per heavy atom. The Balaban J connectivity index is 1.67. The highest BCUT2D eigenvalue weighted by Crippen LogP contribution is 2.47. The Morgan fingerprint density at radius 1 is 1.39 bits per heavy atom. The van der Waals surface area contributed by atoms with Crippen molar-refractivity contribution in [3.05, 3.63) is 35.0 Å². The summed E-state index contributed by atoms with van der Waals surface area (Å²) in [5.74, 6) is 0. The van der Waals surface area contributed by atoms with Crippen LogP contribution in [-0.4, -0.2) is 11.5 Å². The van der Waals surface area contributed by atoms with Crippen LogP contribution in [0.3, 0.4) is 0 Å². The van der Waals surface area contributed by atoms with Crippen molar-refractivity contribution in [2.75, 3.05) is 6.54 Å². The highest BCUT2D eigenvalue weighted by atomic mass is 35.5. The third-order valence-electron chi connectivity index (χ3n) is 4.25. The normalized spacial score (nSPS) is 17.2. The van der Waals surface area contributed by atoms with Crippen molar-refractivity contribution >= 4 is 22.5 Å². The molecule has 3 heteroatoms. The SMILES string of the molecule is CCC1(CNCc2c[nH]c3cc(Cl)ccc23)CC1. The summed E-state index contributed by atoms with van der Waals surface area (Å²) in [6.07, 6.45) is 6.16. The van der Waals surface area contributed by atoms with Crippen LogP contribution >= 0.6 is 11.6 Å². The molecule has 1 aliphatic rings. The van der Waals surface area contributed by atoms with Gasteiger partial charge in [0, 0.05) is 35.2 Å². The maximum absolute atomic E-state index is 5.98. The second-order valence-electron chi connectivity index (χ2n) is 5.46. The molecule has 0 bridgehead atoms. The van der Waals surface area contributed by atoms with Crippen LogP contribution in [-0.2, 0) is 6.54 Å². The topological polar surface area (TPSA) is 27.8 Å². The van der Waals surface area contributed by atoms with Gasteiger partial charge in [-0.2, -0.15) is 0 Å². The van der Waals surface area contributed by atoms with Gasteiger partial charge in [-0.3, -0.25) is 0 Å². The van der Waals surface area contributed by atoms with Crippen LogP contribution in [0.15, 0.2) is 24.4 Å². The Hall–Kier alpha value is -0.990. The zero-order valence-corrected chi connectivity index (χ0v) is 11.5. The van der Waals surface area contributed by atoms with E-state index in [0.717, 1.165) is 23.6 Å².